The molecule has 0 spiro atoms. The minimum atomic E-state index is -4.66. The van der Waals surface area contributed by atoms with Crippen LogP contribution in [0.4, 0.5) is 23.5 Å². The Morgan fingerprint density at radius 2 is 1.94 bits per heavy atom. The van der Waals surface area contributed by atoms with Crippen LogP contribution in [0.25, 0.3) is 21.6 Å². The second kappa shape index (κ2) is 8.63. The number of nitrogens with zero attached hydrogens (tertiary/aromatic N) is 6. The fourth-order valence-corrected chi connectivity index (χ4v) is 5.40. The molecule has 0 bridgehead atoms. The Labute approximate surface area is 211 Å². The molecule has 3 aromatic heterocycles. The molecule has 2 fully saturated rings. The molecule has 0 N–H and O–H groups in total. The second-order valence-electron chi connectivity index (χ2n) is 9.01. The van der Waals surface area contributed by atoms with Gasteiger partial charge in [0.1, 0.15) is 16.6 Å². The summed E-state index contributed by atoms with van der Waals surface area (Å²) < 4.78 is 62.9. The number of thiazole rings is 1. The van der Waals surface area contributed by atoms with Crippen LogP contribution in [-0.4, -0.2) is 43.9 Å². The van der Waals surface area contributed by atoms with Gasteiger partial charge in [-0.1, -0.05) is 22.9 Å². The molecule has 4 aromatic rings. The summed E-state index contributed by atoms with van der Waals surface area (Å²) in [5.41, 5.74) is 0.170. The van der Waals surface area contributed by atoms with Crippen LogP contribution in [0.3, 0.4) is 0 Å². The number of hydrogen-bond acceptors (Lipinski definition) is 7. The molecular formula is C23H19ClF4N6OS. The Kier molecular flexibility index (Phi) is 5.65. The maximum atomic E-state index is 14.9. The monoisotopic (exact) mass is 538 g/mol. The number of hydrogen-bond donors (Lipinski definition) is 0. The first-order chi connectivity index (χ1) is 17.2. The van der Waals surface area contributed by atoms with E-state index < -0.39 is 17.6 Å². The van der Waals surface area contributed by atoms with Crippen molar-refractivity contribution >= 4 is 39.2 Å². The standard InChI is InChI=1S/C23H19ClF4N6OS/c1-11-8-33(10-17(35-11)12-7-29-34(9-12)14-3-4-14)22-30-18(19-20(32-22)31-21(24)36-19)15-5-2-13(6-16(15)25)23(26,27)28/h2,5-7,9,11,14,17H,3-4,8,10H2,1H3/t11-,17-/m1/s1. The molecule has 1 aromatic carbocycles. The zero-order valence-corrected chi connectivity index (χ0v) is 20.4. The number of alkyl halides is 3. The van der Waals surface area contributed by atoms with Crippen LogP contribution in [-0.2, 0) is 10.9 Å². The van der Waals surface area contributed by atoms with Crippen LogP contribution in [0, 0.1) is 5.82 Å². The minimum Gasteiger partial charge on any atom is -0.367 e. The third-order valence-corrected chi connectivity index (χ3v) is 7.38. The maximum absolute atomic E-state index is 14.9. The fraction of sp³-hybridized carbons (Fsp3) is 0.391. The van der Waals surface area contributed by atoms with Gasteiger partial charge >= 0.3 is 6.18 Å². The predicted octanol–water partition coefficient (Wildman–Crippen LogP) is 6.06. The fourth-order valence-electron chi connectivity index (χ4n) is 4.35. The quantitative estimate of drug-likeness (QED) is 0.294. The lowest BCUT2D eigenvalue weighted by Gasteiger charge is -2.36. The smallest absolute Gasteiger partial charge is 0.367 e. The zero-order chi connectivity index (χ0) is 25.2. The van der Waals surface area contributed by atoms with Gasteiger partial charge in [0, 0.05) is 23.9 Å². The highest BCUT2D eigenvalue weighted by atomic mass is 35.5. The lowest BCUT2D eigenvalue weighted by Crippen LogP contribution is -2.43. The Morgan fingerprint density at radius 1 is 1.14 bits per heavy atom. The summed E-state index contributed by atoms with van der Waals surface area (Å²) in [5, 5.41) is 4.45. The van der Waals surface area contributed by atoms with Gasteiger partial charge in [0.2, 0.25) is 5.95 Å². The molecule has 7 nitrogen and oxygen atoms in total. The van der Waals surface area contributed by atoms with Crippen LogP contribution in [0.2, 0.25) is 4.47 Å². The van der Waals surface area contributed by atoms with Crippen molar-refractivity contribution in [3.05, 3.63) is 52.0 Å². The van der Waals surface area contributed by atoms with Crippen molar-refractivity contribution in [1.29, 1.82) is 0 Å². The number of morpholine rings is 1. The Bertz CT molecular complexity index is 1450. The number of anilines is 1. The number of benzene rings is 1. The predicted molar refractivity (Wildman–Crippen MR) is 127 cm³/mol. The molecule has 1 saturated heterocycles. The molecule has 2 aliphatic rings. The molecule has 0 amide bonds. The van der Waals surface area contributed by atoms with Gasteiger partial charge in [0.05, 0.1) is 36.1 Å². The van der Waals surface area contributed by atoms with Gasteiger partial charge in [-0.2, -0.15) is 23.3 Å². The van der Waals surface area contributed by atoms with E-state index in [1.807, 2.05) is 22.7 Å². The molecule has 36 heavy (non-hydrogen) atoms. The number of aromatic nitrogens is 5. The Balaban J connectivity index is 1.39. The molecule has 188 valence electrons. The first kappa shape index (κ1) is 23.6. The second-order valence-corrected chi connectivity index (χ2v) is 10.6. The van der Waals surface area contributed by atoms with E-state index in [4.69, 9.17) is 16.3 Å². The van der Waals surface area contributed by atoms with Gasteiger partial charge in [-0.05, 0) is 38.0 Å². The van der Waals surface area contributed by atoms with E-state index in [0.717, 1.165) is 41.9 Å². The molecule has 6 rings (SSSR count). The largest absolute Gasteiger partial charge is 0.416 e. The summed E-state index contributed by atoms with van der Waals surface area (Å²) in [6.07, 6.45) is 0.901. The molecule has 0 unspecified atom stereocenters. The molecule has 13 heteroatoms. The minimum absolute atomic E-state index is 0.0828. The van der Waals surface area contributed by atoms with Crippen molar-refractivity contribution in [2.75, 3.05) is 18.0 Å². The lowest BCUT2D eigenvalue weighted by molar-refractivity contribution is -0.137. The average Bonchev–Trinajstić information content (AvgIpc) is 3.41. The number of halogens is 5. The van der Waals surface area contributed by atoms with Gasteiger partial charge < -0.3 is 9.64 Å². The van der Waals surface area contributed by atoms with E-state index in [9.17, 15) is 17.6 Å². The average molecular weight is 539 g/mol. The number of fused-ring (bicyclic) bond motifs is 1. The maximum Gasteiger partial charge on any atom is 0.416 e. The van der Waals surface area contributed by atoms with Crippen LogP contribution in [0.15, 0.2) is 30.6 Å². The molecular weight excluding hydrogens is 520 g/mol. The van der Waals surface area contributed by atoms with E-state index in [0.29, 0.717) is 29.9 Å². The van der Waals surface area contributed by atoms with E-state index in [1.54, 1.807) is 6.20 Å². The lowest BCUT2D eigenvalue weighted by atomic mass is 10.1. The van der Waals surface area contributed by atoms with Crippen molar-refractivity contribution in [2.45, 2.75) is 44.2 Å². The van der Waals surface area contributed by atoms with E-state index in [2.05, 4.69) is 20.1 Å². The molecule has 1 aliphatic carbocycles. The summed E-state index contributed by atoms with van der Waals surface area (Å²) in [6.45, 7) is 2.81. The molecule has 0 radical (unpaired) electrons. The summed E-state index contributed by atoms with van der Waals surface area (Å²) in [7, 11) is 0. The van der Waals surface area contributed by atoms with Gasteiger partial charge in [0.15, 0.2) is 10.1 Å². The Morgan fingerprint density at radius 3 is 2.67 bits per heavy atom. The molecule has 1 aliphatic heterocycles. The SMILES string of the molecule is C[C@@H]1CN(c2nc(-c3ccc(C(F)(F)F)cc3F)c3sc(Cl)nc3n2)C[C@H](c2cnn(C3CC3)c2)O1. The number of ether oxygens (including phenoxy) is 1. The van der Waals surface area contributed by atoms with Gasteiger partial charge in [0.25, 0.3) is 0 Å². The highest BCUT2D eigenvalue weighted by Gasteiger charge is 2.33. The van der Waals surface area contributed by atoms with Crippen molar-refractivity contribution in [1.82, 2.24) is 24.7 Å². The summed E-state index contributed by atoms with van der Waals surface area (Å²) in [4.78, 5) is 15.3. The third kappa shape index (κ3) is 4.41. The van der Waals surface area contributed by atoms with Crippen molar-refractivity contribution < 1.29 is 22.3 Å². The van der Waals surface area contributed by atoms with Crippen LogP contribution in [0.5, 0.6) is 0 Å². The molecule has 1 saturated carbocycles. The molecule has 2 atom stereocenters. The zero-order valence-electron chi connectivity index (χ0n) is 18.8. The van der Waals surface area contributed by atoms with Gasteiger partial charge in [-0.25, -0.2) is 14.4 Å². The van der Waals surface area contributed by atoms with Crippen LogP contribution >= 0.6 is 22.9 Å². The molecule has 4 heterocycles. The van der Waals surface area contributed by atoms with E-state index >= 15 is 0 Å². The third-order valence-electron chi connectivity index (χ3n) is 6.22. The van der Waals surface area contributed by atoms with Crippen LogP contribution < -0.4 is 4.90 Å². The highest BCUT2D eigenvalue weighted by molar-refractivity contribution is 7.22. The van der Waals surface area contributed by atoms with Crippen LogP contribution in [0.1, 0.15) is 43.0 Å². The van der Waals surface area contributed by atoms with Gasteiger partial charge in [-0.3, -0.25) is 4.68 Å². The normalized spacial score (nSPS) is 20.9. The van der Waals surface area contributed by atoms with Crippen molar-refractivity contribution in [2.24, 2.45) is 0 Å². The van der Waals surface area contributed by atoms with E-state index in [-0.39, 0.29) is 39.5 Å². The topological polar surface area (TPSA) is 69.0 Å². The van der Waals surface area contributed by atoms with Crippen molar-refractivity contribution in [3.63, 3.8) is 0 Å². The first-order valence-electron chi connectivity index (χ1n) is 11.3. The van der Waals surface area contributed by atoms with E-state index in [1.165, 1.54) is 0 Å². The number of rotatable bonds is 4. The van der Waals surface area contributed by atoms with Crippen molar-refractivity contribution in [3.8, 4) is 11.3 Å². The summed E-state index contributed by atoms with van der Waals surface area (Å²) in [6, 6.07) is 2.82. The first-order valence-corrected chi connectivity index (χ1v) is 12.5. The highest BCUT2D eigenvalue weighted by Crippen LogP contribution is 2.39. The Hall–Kier alpha value is -2.83. The summed E-state index contributed by atoms with van der Waals surface area (Å²) >= 11 is 7.16. The summed E-state index contributed by atoms with van der Waals surface area (Å²) in [5.74, 6) is -0.769. The van der Waals surface area contributed by atoms with Gasteiger partial charge in [-0.15, -0.1) is 0 Å².